The van der Waals surface area contributed by atoms with Crippen LogP contribution >= 0.6 is 11.6 Å². The number of nitrogens with two attached hydrogens (primary N) is 2. The van der Waals surface area contributed by atoms with Crippen molar-refractivity contribution < 1.29 is 0 Å². The highest BCUT2D eigenvalue weighted by Crippen LogP contribution is 2.15. The molecule has 0 spiro atoms. The zero-order valence-corrected chi connectivity index (χ0v) is 8.62. The number of hydrogen-bond donors (Lipinski definition) is 2. The molecule has 0 amide bonds. The minimum Gasteiger partial charge on any atom is -0.401 e. The van der Waals surface area contributed by atoms with Gasteiger partial charge in [0, 0.05) is 10.7 Å². The molecule has 0 atom stereocenters. The van der Waals surface area contributed by atoms with Gasteiger partial charge >= 0.3 is 0 Å². The van der Waals surface area contributed by atoms with E-state index in [2.05, 4.69) is 4.99 Å². The molecule has 1 aromatic carbocycles. The second-order valence-corrected chi connectivity index (χ2v) is 3.31. The second-order valence-electron chi connectivity index (χ2n) is 2.87. The van der Waals surface area contributed by atoms with E-state index < -0.39 is 0 Å². The van der Waals surface area contributed by atoms with Crippen molar-refractivity contribution in [3.63, 3.8) is 0 Å². The molecule has 0 bridgehead atoms. The molecule has 1 rings (SSSR count). The summed E-state index contributed by atoms with van der Waals surface area (Å²) in [5, 5.41) is 0.683. The Hall–Kier alpha value is -1.48. The summed E-state index contributed by atoms with van der Waals surface area (Å²) in [4.78, 5) is 4.12. The number of rotatable bonds is 2. The molecule has 0 heterocycles. The number of benzene rings is 1. The van der Waals surface area contributed by atoms with E-state index in [-0.39, 0.29) is 0 Å². The molecule has 4 N–H and O–H groups in total. The molecule has 0 radical (unpaired) electrons. The number of aliphatic imine (C=N–C) groups is 1. The molecular weight excluding hydrogens is 198 g/mol. The monoisotopic (exact) mass is 209 g/mol. The summed E-state index contributed by atoms with van der Waals surface area (Å²) in [7, 11) is 0. The Morgan fingerprint density at radius 3 is 2.36 bits per heavy atom. The smallest absolute Gasteiger partial charge is 0.0688 e. The Labute approximate surface area is 88.1 Å². The summed E-state index contributed by atoms with van der Waals surface area (Å²) in [6.07, 6.45) is 1.53. The lowest BCUT2D eigenvalue weighted by Gasteiger charge is -1.96. The van der Waals surface area contributed by atoms with Crippen LogP contribution in [-0.2, 0) is 0 Å². The fourth-order valence-corrected chi connectivity index (χ4v) is 0.899. The second kappa shape index (κ2) is 4.67. The third-order valence-corrected chi connectivity index (χ3v) is 1.89. The van der Waals surface area contributed by atoms with Crippen LogP contribution in [0.3, 0.4) is 0 Å². The number of hydrogen-bond acceptors (Lipinski definition) is 3. The van der Waals surface area contributed by atoms with Crippen LogP contribution in [0.1, 0.15) is 6.92 Å². The molecule has 0 fully saturated rings. The summed E-state index contributed by atoms with van der Waals surface area (Å²) in [5.41, 5.74) is 12.9. The Bertz CT molecular complexity index is 361. The first kappa shape index (κ1) is 10.6. The van der Waals surface area contributed by atoms with Crippen molar-refractivity contribution in [2.75, 3.05) is 0 Å². The van der Waals surface area contributed by atoms with Crippen LogP contribution in [0, 0.1) is 0 Å². The molecule has 0 aliphatic rings. The maximum atomic E-state index is 5.72. The molecule has 0 aromatic heterocycles. The highest BCUT2D eigenvalue weighted by atomic mass is 35.5. The van der Waals surface area contributed by atoms with Crippen molar-refractivity contribution in [3.8, 4) is 0 Å². The Kier molecular flexibility index (Phi) is 3.54. The van der Waals surface area contributed by atoms with Gasteiger partial charge in [-0.2, -0.15) is 0 Å². The minimum absolute atomic E-state index is 0.472. The van der Waals surface area contributed by atoms with Gasteiger partial charge in [-0.15, -0.1) is 0 Å². The number of halogens is 1. The van der Waals surface area contributed by atoms with Gasteiger partial charge in [-0.1, -0.05) is 11.6 Å². The van der Waals surface area contributed by atoms with E-state index in [9.17, 15) is 0 Å². The lowest BCUT2D eigenvalue weighted by Crippen LogP contribution is -2.07. The fourth-order valence-electron chi connectivity index (χ4n) is 0.773. The van der Waals surface area contributed by atoms with Crippen LogP contribution in [0.4, 0.5) is 5.69 Å². The van der Waals surface area contributed by atoms with Crippen LogP contribution in [0.25, 0.3) is 0 Å². The normalized spacial score (nSPS) is 13.0. The van der Waals surface area contributed by atoms with Gasteiger partial charge in [0.15, 0.2) is 0 Å². The van der Waals surface area contributed by atoms with Gasteiger partial charge in [0.2, 0.25) is 0 Å². The molecule has 0 aliphatic heterocycles. The maximum absolute atomic E-state index is 5.72. The maximum Gasteiger partial charge on any atom is 0.0688 e. The quantitative estimate of drug-likeness (QED) is 0.734. The fraction of sp³-hybridized carbons (Fsp3) is 0.100. The third-order valence-electron chi connectivity index (χ3n) is 1.63. The molecule has 0 saturated heterocycles. The average molecular weight is 210 g/mol. The van der Waals surface area contributed by atoms with Gasteiger partial charge < -0.3 is 11.5 Å². The summed E-state index contributed by atoms with van der Waals surface area (Å²) in [5.74, 6) is 0. The minimum atomic E-state index is 0.472. The standard InChI is InChI=1S/C10H12ClN3/c1-7(12)10(13)6-14-9-4-2-8(11)3-5-9/h2-6H,12-13H2,1H3. The van der Waals surface area contributed by atoms with Gasteiger partial charge in [0.05, 0.1) is 17.6 Å². The number of nitrogens with zero attached hydrogens (tertiary/aromatic N) is 1. The Morgan fingerprint density at radius 2 is 1.86 bits per heavy atom. The van der Waals surface area contributed by atoms with Crippen molar-refractivity contribution >= 4 is 23.5 Å². The van der Waals surface area contributed by atoms with Crippen LogP contribution in [0.2, 0.25) is 5.02 Å². The van der Waals surface area contributed by atoms with Gasteiger partial charge in [-0.25, -0.2) is 0 Å². The molecule has 0 unspecified atom stereocenters. The highest BCUT2D eigenvalue weighted by Gasteiger charge is 1.90. The topological polar surface area (TPSA) is 64.4 Å². The van der Waals surface area contributed by atoms with Crippen LogP contribution in [-0.4, -0.2) is 6.21 Å². The highest BCUT2D eigenvalue weighted by molar-refractivity contribution is 6.30. The molecule has 0 saturated carbocycles. The predicted octanol–water partition coefficient (Wildman–Crippen LogP) is 2.19. The first-order chi connectivity index (χ1) is 6.59. The van der Waals surface area contributed by atoms with Gasteiger partial charge in [0.1, 0.15) is 0 Å². The number of allylic oxidation sites excluding steroid dienone is 2. The van der Waals surface area contributed by atoms with E-state index >= 15 is 0 Å². The summed E-state index contributed by atoms with van der Waals surface area (Å²) in [6, 6.07) is 7.14. The van der Waals surface area contributed by atoms with Gasteiger partial charge in [-0.05, 0) is 31.2 Å². The predicted molar refractivity (Wildman–Crippen MR) is 60.7 cm³/mol. The van der Waals surface area contributed by atoms with Crippen LogP contribution in [0.5, 0.6) is 0 Å². The van der Waals surface area contributed by atoms with Crippen LogP contribution < -0.4 is 11.5 Å². The lowest BCUT2D eigenvalue weighted by atomic mass is 10.3. The molecular formula is C10H12ClN3. The van der Waals surface area contributed by atoms with Crippen LogP contribution in [0.15, 0.2) is 40.7 Å². The molecule has 3 nitrogen and oxygen atoms in total. The molecule has 0 aliphatic carbocycles. The van der Waals surface area contributed by atoms with E-state index in [0.29, 0.717) is 16.4 Å². The van der Waals surface area contributed by atoms with Crippen molar-refractivity contribution in [2.45, 2.75) is 6.92 Å². The van der Waals surface area contributed by atoms with E-state index in [0.717, 1.165) is 5.69 Å². The molecule has 1 aromatic rings. The Balaban J connectivity index is 2.79. The summed E-state index contributed by atoms with van der Waals surface area (Å²) in [6.45, 7) is 1.73. The molecule has 74 valence electrons. The first-order valence-electron chi connectivity index (χ1n) is 4.11. The van der Waals surface area contributed by atoms with Gasteiger partial charge in [-0.3, -0.25) is 4.99 Å². The lowest BCUT2D eigenvalue weighted by molar-refractivity contribution is 1.24. The zero-order valence-electron chi connectivity index (χ0n) is 7.87. The van der Waals surface area contributed by atoms with Gasteiger partial charge in [0.25, 0.3) is 0 Å². The summed E-state index contributed by atoms with van der Waals surface area (Å²) >= 11 is 5.72. The largest absolute Gasteiger partial charge is 0.401 e. The van der Waals surface area contributed by atoms with Crippen molar-refractivity contribution in [1.29, 1.82) is 0 Å². The van der Waals surface area contributed by atoms with Crippen molar-refractivity contribution in [2.24, 2.45) is 16.5 Å². The average Bonchev–Trinajstić information content (AvgIpc) is 2.16. The van der Waals surface area contributed by atoms with E-state index in [4.69, 9.17) is 23.1 Å². The zero-order chi connectivity index (χ0) is 10.6. The van der Waals surface area contributed by atoms with E-state index in [1.807, 2.05) is 0 Å². The van der Waals surface area contributed by atoms with Crippen molar-refractivity contribution in [3.05, 3.63) is 40.7 Å². The van der Waals surface area contributed by atoms with E-state index in [1.54, 1.807) is 31.2 Å². The Morgan fingerprint density at radius 1 is 1.29 bits per heavy atom. The molecule has 4 heteroatoms. The summed E-state index contributed by atoms with van der Waals surface area (Å²) < 4.78 is 0. The first-order valence-corrected chi connectivity index (χ1v) is 4.49. The SMILES string of the molecule is CC(N)=C(N)C=Nc1ccc(Cl)cc1. The van der Waals surface area contributed by atoms with E-state index in [1.165, 1.54) is 6.21 Å². The third kappa shape index (κ3) is 3.11. The van der Waals surface area contributed by atoms with Crippen molar-refractivity contribution in [1.82, 2.24) is 0 Å². The molecule has 14 heavy (non-hydrogen) atoms.